The molecule has 1 spiro atoms. The number of aromatic amines is 1. The van der Waals surface area contributed by atoms with Gasteiger partial charge in [-0.2, -0.15) is 0 Å². The Labute approximate surface area is 175 Å². The molecule has 4 heterocycles. The van der Waals surface area contributed by atoms with Crippen LogP contribution in [0.5, 0.6) is 0 Å². The topological polar surface area (TPSA) is 72.5 Å². The summed E-state index contributed by atoms with van der Waals surface area (Å²) in [7, 11) is 1.76. The molecule has 0 unspecified atom stereocenters. The number of hydrogen-bond acceptors (Lipinski definition) is 4. The second-order valence-electron chi connectivity index (χ2n) is 8.28. The fourth-order valence-electron chi connectivity index (χ4n) is 4.75. The molecule has 154 valence electrons. The van der Waals surface area contributed by atoms with Crippen LogP contribution in [0.2, 0.25) is 0 Å². The number of hydrogen-bond donors (Lipinski definition) is 1. The molecule has 7 nitrogen and oxygen atoms in total. The lowest BCUT2D eigenvalue weighted by molar-refractivity contribution is -0.135. The summed E-state index contributed by atoms with van der Waals surface area (Å²) in [5.41, 5.74) is 2.45. The molecule has 3 aromatic rings. The molecular weight excluding hydrogens is 378 g/mol. The first-order valence-electron chi connectivity index (χ1n) is 10.3. The molecule has 2 fully saturated rings. The Morgan fingerprint density at radius 3 is 2.60 bits per heavy atom. The summed E-state index contributed by atoms with van der Waals surface area (Å²) in [6.07, 6.45) is 4.69. The molecule has 2 aliphatic heterocycles. The number of imide groups is 1. The molecule has 5 rings (SSSR count). The number of nitrogens with one attached hydrogen (secondary N) is 1. The third-order valence-corrected chi connectivity index (χ3v) is 6.53. The van der Waals surface area contributed by atoms with E-state index >= 15 is 0 Å². The van der Waals surface area contributed by atoms with Crippen molar-refractivity contribution in [3.05, 3.63) is 66.1 Å². The third-order valence-electron chi connectivity index (χ3n) is 6.53. The van der Waals surface area contributed by atoms with Gasteiger partial charge in [-0.25, -0.2) is 4.79 Å². The predicted molar refractivity (Wildman–Crippen MR) is 113 cm³/mol. The number of urea groups is 1. The van der Waals surface area contributed by atoms with E-state index in [4.69, 9.17) is 0 Å². The van der Waals surface area contributed by atoms with Crippen LogP contribution in [-0.2, 0) is 17.9 Å². The van der Waals surface area contributed by atoms with Crippen LogP contribution in [0.15, 0.2) is 54.9 Å². The van der Waals surface area contributed by atoms with Crippen LogP contribution in [0, 0.1) is 0 Å². The number of amides is 3. The lowest BCUT2D eigenvalue weighted by atomic mass is 9.86. The van der Waals surface area contributed by atoms with Gasteiger partial charge < -0.3 is 9.88 Å². The number of likely N-dealkylation sites (tertiary alicyclic amines) is 1. The average Bonchev–Trinajstić information content (AvgIpc) is 3.25. The summed E-state index contributed by atoms with van der Waals surface area (Å²) in [6, 6.07) is 13.9. The molecule has 0 bridgehead atoms. The number of benzene rings is 1. The van der Waals surface area contributed by atoms with E-state index < -0.39 is 5.54 Å². The molecule has 0 atom stereocenters. The number of carbonyl (C=O) groups is 2. The van der Waals surface area contributed by atoms with Gasteiger partial charge in [0.05, 0.1) is 6.54 Å². The Hall–Kier alpha value is -3.19. The normalized spacial score (nSPS) is 19.4. The zero-order chi connectivity index (χ0) is 20.7. The van der Waals surface area contributed by atoms with Crippen molar-refractivity contribution in [1.82, 2.24) is 24.7 Å². The highest BCUT2D eigenvalue weighted by molar-refractivity contribution is 6.06. The minimum atomic E-state index is -0.726. The van der Waals surface area contributed by atoms with Gasteiger partial charge in [0.15, 0.2) is 0 Å². The smallest absolute Gasteiger partial charge is 0.327 e. The summed E-state index contributed by atoms with van der Waals surface area (Å²) in [6.45, 7) is 2.64. The zero-order valence-electron chi connectivity index (χ0n) is 17.0. The van der Waals surface area contributed by atoms with E-state index in [9.17, 15) is 9.59 Å². The first-order valence-corrected chi connectivity index (χ1v) is 10.3. The Bertz CT molecular complexity index is 1050. The number of rotatable bonds is 4. The molecule has 0 saturated carbocycles. The Morgan fingerprint density at radius 1 is 1.07 bits per heavy atom. The second-order valence-corrected chi connectivity index (χ2v) is 8.28. The van der Waals surface area contributed by atoms with Crippen LogP contribution < -0.4 is 0 Å². The molecule has 0 radical (unpaired) electrons. The highest BCUT2D eigenvalue weighted by atomic mass is 16.2. The number of carbonyl (C=O) groups excluding carboxylic acids is 2. The molecule has 3 amide bonds. The zero-order valence-corrected chi connectivity index (χ0v) is 17.0. The van der Waals surface area contributed by atoms with Gasteiger partial charge in [-0.1, -0.05) is 24.3 Å². The van der Waals surface area contributed by atoms with Crippen LogP contribution >= 0.6 is 0 Å². The van der Waals surface area contributed by atoms with Gasteiger partial charge in [-0.3, -0.25) is 19.6 Å². The fraction of sp³-hybridized carbons (Fsp3) is 0.348. The average molecular weight is 403 g/mol. The largest absolute Gasteiger partial charge is 0.357 e. The summed E-state index contributed by atoms with van der Waals surface area (Å²) >= 11 is 0. The second kappa shape index (κ2) is 7.25. The maximum Gasteiger partial charge on any atom is 0.327 e. The van der Waals surface area contributed by atoms with Crippen LogP contribution in [-0.4, -0.2) is 62.3 Å². The monoisotopic (exact) mass is 403 g/mol. The van der Waals surface area contributed by atoms with E-state index in [1.54, 1.807) is 24.3 Å². The standard InChI is InChI=1S/C23H25N5O2/c1-26-22(30)28(15-17-5-4-10-24-14-17)21(29)23(26)8-11-27(12-9-23)16-19-13-18-6-2-3-7-20(18)25-19/h2-7,10,13-14,25H,8-9,11-12,15-16H2,1H3. The van der Waals surface area contributed by atoms with E-state index in [1.807, 2.05) is 24.3 Å². The minimum Gasteiger partial charge on any atom is -0.357 e. The maximum absolute atomic E-state index is 13.3. The predicted octanol–water partition coefficient (Wildman–Crippen LogP) is 2.99. The van der Waals surface area contributed by atoms with Crippen molar-refractivity contribution in [3.63, 3.8) is 0 Å². The number of H-pyrrole nitrogens is 1. The molecule has 1 aromatic carbocycles. The molecular formula is C23H25N5O2. The van der Waals surface area contributed by atoms with Crippen molar-refractivity contribution in [2.45, 2.75) is 31.5 Å². The van der Waals surface area contributed by atoms with E-state index in [0.717, 1.165) is 30.7 Å². The third kappa shape index (κ3) is 3.06. The molecule has 2 aliphatic rings. The lowest BCUT2D eigenvalue weighted by Crippen LogP contribution is -2.55. The van der Waals surface area contributed by atoms with Crippen molar-refractivity contribution in [2.75, 3.05) is 20.1 Å². The Morgan fingerprint density at radius 2 is 1.87 bits per heavy atom. The summed E-state index contributed by atoms with van der Waals surface area (Å²) in [4.78, 5) is 39.1. The molecule has 7 heteroatoms. The van der Waals surface area contributed by atoms with Crippen molar-refractivity contribution in [1.29, 1.82) is 0 Å². The highest BCUT2D eigenvalue weighted by Crippen LogP contribution is 2.37. The molecule has 1 N–H and O–H groups in total. The highest BCUT2D eigenvalue weighted by Gasteiger charge is 2.56. The quantitative estimate of drug-likeness (QED) is 0.680. The van der Waals surface area contributed by atoms with Crippen LogP contribution in [0.1, 0.15) is 24.1 Å². The Kier molecular flexibility index (Phi) is 4.55. The Balaban J connectivity index is 1.28. The van der Waals surface area contributed by atoms with Crippen LogP contribution in [0.3, 0.4) is 0 Å². The molecule has 0 aliphatic carbocycles. The SMILES string of the molecule is CN1C(=O)N(Cc2cccnc2)C(=O)C12CCN(Cc1cc3ccccc3[nH]1)CC2. The number of likely N-dealkylation sites (N-methyl/N-ethyl adjacent to an activating group) is 1. The summed E-state index contributed by atoms with van der Waals surface area (Å²) in [5.74, 6) is -0.0795. The van der Waals surface area contributed by atoms with Crippen molar-refractivity contribution in [2.24, 2.45) is 0 Å². The van der Waals surface area contributed by atoms with E-state index in [0.29, 0.717) is 12.8 Å². The number of fused-ring (bicyclic) bond motifs is 1. The van der Waals surface area contributed by atoms with Gasteiger partial charge >= 0.3 is 6.03 Å². The molecule has 2 aromatic heterocycles. The number of piperidine rings is 1. The van der Waals surface area contributed by atoms with E-state index in [1.165, 1.54) is 16.0 Å². The first-order chi connectivity index (χ1) is 14.6. The van der Waals surface area contributed by atoms with E-state index in [-0.39, 0.29) is 18.5 Å². The van der Waals surface area contributed by atoms with Gasteiger partial charge in [0.25, 0.3) is 5.91 Å². The van der Waals surface area contributed by atoms with E-state index in [2.05, 4.69) is 33.1 Å². The van der Waals surface area contributed by atoms with Crippen molar-refractivity contribution < 1.29 is 9.59 Å². The molecule has 30 heavy (non-hydrogen) atoms. The van der Waals surface area contributed by atoms with Gasteiger partial charge in [0.1, 0.15) is 5.54 Å². The summed E-state index contributed by atoms with van der Waals surface area (Å²) < 4.78 is 0. The molecule has 2 saturated heterocycles. The van der Waals surface area contributed by atoms with Gasteiger partial charge in [-0.15, -0.1) is 0 Å². The van der Waals surface area contributed by atoms with Crippen molar-refractivity contribution in [3.8, 4) is 0 Å². The number of para-hydroxylation sites is 1. The number of aromatic nitrogens is 2. The van der Waals surface area contributed by atoms with Crippen molar-refractivity contribution >= 4 is 22.8 Å². The number of pyridine rings is 1. The minimum absolute atomic E-state index is 0.0795. The fourth-order valence-corrected chi connectivity index (χ4v) is 4.75. The summed E-state index contributed by atoms with van der Waals surface area (Å²) in [5, 5.41) is 1.21. The van der Waals surface area contributed by atoms with Gasteiger partial charge in [0.2, 0.25) is 0 Å². The maximum atomic E-state index is 13.3. The van der Waals surface area contributed by atoms with Gasteiger partial charge in [-0.05, 0) is 42.0 Å². The van der Waals surface area contributed by atoms with Gasteiger partial charge in [0, 0.05) is 50.3 Å². The van der Waals surface area contributed by atoms with Crippen LogP contribution in [0.4, 0.5) is 4.79 Å². The first kappa shape index (κ1) is 18.8. The van der Waals surface area contributed by atoms with Crippen LogP contribution in [0.25, 0.3) is 10.9 Å². The number of nitrogens with zero attached hydrogens (tertiary/aromatic N) is 4. The lowest BCUT2D eigenvalue weighted by Gasteiger charge is -2.40.